The molecule has 172 valence electrons. The normalized spacial score (nSPS) is 15.1. The molecular weight excluding hydrogens is 424 g/mol. The zero-order valence-electron chi connectivity index (χ0n) is 19.2. The molecule has 1 aliphatic rings. The van der Waals surface area contributed by atoms with Crippen molar-refractivity contribution in [2.45, 2.75) is 71.5 Å². The van der Waals surface area contributed by atoms with Gasteiger partial charge in [0.05, 0.1) is 0 Å². The average Bonchev–Trinajstić information content (AvgIpc) is 2.79. The van der Waals surface area contributed by atoms with E-state index in [1.54, 1.807) is 17.9 Å². The summed E-state index contributed by atoms with van der Waals surface area (Å²) in [6, 6.07) is 12.8. The number of carbonyl (C=O) groups excluding carboxylic acids is 2. The number of nitrogens with zero attached hydrogens (tertiary/aromatic N) is 1. The summed E-state index contributed by atoms with van der Waals surface area (Å²) < 4.78 is 5.85. The maximum absolute atomic E-state index is 13.2. The number of hydrogen-bond acceptors (Lipinski definition) is 3. The van der Waals surface area contributed by atoms with E-state index in [0.717, 1.165) is 42.4 Å². The quantitative estimate of drug-likeness (QED) is 0.593. The Morgan fingerprint density at radius 1 is 1.12 bits per heavy atom. The van der Waals surface area contributed by atoms with Crippen molar-refractivity contribution >= 4 is 23.4 Å². The molecule has 0 aliphatic heterocycles. The van der Waals surface area contributed by atoms with Crippen molar-refractivity contribution in [2.75, 3.05) is 6.61 Å². The van der Waals surface area contributed by atoms with Crippen LogP contribution in [-0.4, -0.2) is 35.4 Å². The summed E-state index contributed by atoms with van der Waals surface area (Å²) >= 11 is 6.35. The van der Waals surface area contributed by atoms with Crippen LogP contribution in [0.3, 0.4) is 0 Å². The number of ether oxygens (including phenoxy) is 1. The minimum Gasteiger partial charge on any atom is -0.483 e. The minimum atomic E-state index is -0.636. The SMILES string of the molecule is Cc1ccc(C)c(OCC(=O)N(Cc2ccccc2Cl)[C@H](C)C(=O)NC2CCCCC2)c1. The Labute approximate surface area is 196 Å². The van der Waals surface area contributed by atoms with Crippen LogP contribution in [0.15, 0.2) is 42.5 Å². The highest BCUT2D eigenvalue weighted by Gasteiger charge is 2.29. The van der Waals surface area contributed by atoms with Crippen LogP contribution in [0.5, 0.6) is 5.75 Å². The number of rotatable bonds is 8. The first kappa shape index (κ1) is 24.1. The van der Waals surface area contributed by atoms with Crippen LogP contribution in [0.4, 0.5) is 0 Å². The third-order valence-corrected chi connectivity index (χ3v) is 6.48. The molecule has 2 aromatic rings. The second-order valence-electron chi connectivity index (χ2n) is 8.69. The molecule has 2 aromatic carbocycles. The predicted molar refractivity (Wildman–Crippen MR) is 128 cm³/mol. The highest BCUT2D eigenvalue weighted by Crippen LogP contribution is 2.22. The molecule has 3 rings (SSSR count). The molecule has 2 amide bonds. The third-order valence-electron chi connectivity index (χ3n) is 6.11. The van der Waals surface area contributed by atoms with Gasteiger partial charge in [-0.1, -0.05) is 61.2 Å². The molecule has 0 radical (unpaired) electrons. The van der Waals surface area contributed by atoms with Crippen LogP contribution < -0.4 is 10.1 Å². The second-order valence-corrected chi connectivity index (χ2v) is 9.10. The molecule has 0 spiro atoms. The maximum atomic E-state index is 13.2. The fourth-order valence-electron chi connectivity index (χ4n) is 4.05. The van der Waals surface area contributed by atoms with Crippen LogP contribution in [-0.2, 0) is 16.1 Å². The van der Waals surface area contributed by atoms with Crippen molar-refractivity contribution in [3.63, 3.8) is 0 Å². The number of aryl methyl sites for hydroxylation is 2. The van der Waals surface area contributed by atoms with Gasteiger partial charge < -0.3 is 15.0 Å². The second kappa shape index (κ2) is 11.4. The summed E-state index contributed by atoms with van der Waals surface area (Å²) in [5, 5.41) is 3.71. The first-order chi connectivity index (χ1) is 15.3. The largest absolute Gasteiger partial charge is 0.483 e. The highest BCUT2D eigenvalue weighted by atomic mass is 35.5. The van der Waals surface area contributed by atoms with Gasteiger partial charge >= 0.3 is 0 Å². The minimum absolute atomic E-state index is 0.135. The molecular formula is C26H33ClN2O3. The van der Waals surface area contributed by atoms with E-state index in [-0.39, 0.29) is 31.0 Å². The Kier molecular flexibility index (Phi) is 8.57. The lowest BCUT2D eigenvalue weighted by atomic mass is 9.95. The summed E-state index contributed by atoms with van der Waals surface area (Å²) in [6.07, 6.45) is 5.46. The van der Waals surface area contributed by atoms with E-state index in [4.69, 9.17) is 16.3 Å². The molecule has 0 heterocycles. The molecule has 32 heavy (non-hydrogen) atoms. The Hall–Kier alpha value is -2.53. The van der Waals surface area contributed by atoms with Crippen molar-refractivity contribution in [3.05, 3.63) is 64.2 Å². The molecule has 0 bridgehead atoms. The monoisotopic (exact) mass is 456 g/mol. The standard InChI is InChI=1S/C26H33ClN2O3/c1-18-13-14-19(2)24(15-18)32-17-25(30)29(16-21-9-7-8-12-23(21)27)20(3)26(31)28-22-10-5-4-6-11-22/h7-9,12-15,20,22H,4-6,10-11,16-17H2,1-3H3,(H,28,31)/t20-/m1/s1. The van der Waals surface area contributed by atoms with Crippen LogP contribution >= 0.6 is 11.6 Å². The van der Waals surface area contributed by atoms with Crippen LogP contribution in [0, 0.1) is 13.8 Å². The molecule has 0 unspecified atom stereocenters. The lowest BCUT2D eigenvalue weighted by molar-refractivity contribution is -0.142. The van der Waals surface area contributed by atoms with Gasteiger partial charge in [0.1, 0.15) is 11.8 Å². The zero-order chi connectivity index (χ0) is 23.1. The van der Waals surface area contributed by atoms with E-state index >= 15 is 0 Å². The van der Waals surface area contributed by atoms with E-state index in [1.165, 1.54) is 6.42 Å². The summed E-state index contributed by atoms with van der Waals surface area (Å²) in [7, 11) is 0. The van der Waals surface area contributed by atoms with Crippen molar-refractivity contribution in [2.24, 2.45) is 0 Å². The topological polar surface area (TPSA) is 58.6 Å². The Bertz CT molecular complexity index is 940. The number of halogens is 1. The van der Waals surface area contributed by atoms with Gasteiger partial charge in [-0.3, -0.25) is 9.59 Å². The van der Waals surface area contributed by atoms with E-state index in [2.05, 4.69) is 5.32 Å². The molecule has 1 saturated carbocycles. The first-order valence-electron chi connectivity index (χ1n) is 11.4. The van der Waals surface area contributed by atoms with E-state index < -0.39 is 6.04 Å². The lowest BCUT2D eigenvalue weighted by Gasteiger charge is -2.31. The number of nitrogens with one attached hydrogen (secondary N) is 1. The van der Waals surface area contributed by atoms with Gasteiger partial charge in [0.15, 0.2) is 6.61 Å². The molecule has 1 atom stereocenters. The highest BCUT2D eigenvalue weighted by molar-refractivity contribution is 6.31. The molecule has 0 saturated heterocycles. The number of amides is 2. The molecule has 1 N–H and O–H groups in total. The van der Waals surface area contributed by atoms with Crippen LogP contribution in [0.1, 0.15) is 55.7 Å². The zero-order valence-corrected chi connectivity index (χ0v) is 20.0. The molecule has 6 heteroatoms. The van der Waals surface area contributed by atoms with Gasteiger partial charge in [-0.25, -0.2) is 0 Å². The number of carbonyl (C=O) groups is 2. The number of hydrogen-bond donors (Lipinski definition) is 1. The molecule has 1 fully saturated rings. The average molecular weight is 457 g/mol. The fourth-order valence-corrected chi connectivity index (χ4v) is 4.24. The summed E-state index contributed by atoms with van der Waals surface area (Å²) in [6.45, 7) is 5.80. The van der Waals surface area contributed by atoms with Crippen molar-refractivity contribution in [1.82, 2.24) is 10.2 Å². The molecule has 0 aromatic heterocycles. The van der Waals surface area contributed by atoms with E-state index in [9.17, 15) is 9.59 Å². The summed E-state index contributed by atoms with van der Waals surface area (Å²) in [4.78, 5) is 27.8. The Morgan fingerprint density at radius 2 is 1.84 bits per heavy atom. The van der Waals surface area contributed by atoms with Gasteiger partial charge in [-0.2, -0.15) is 0 Å². The van der Waals surface area contributed by atoms with Crippen molar-refractivity contribution < 1.29 is 14.3 Å². The lowest BCUT2D eigenvalue weighted by Crippen LogP contribution is -2.51. The third kappa shape index (κ3) is 6.49. The molecule has 1 aliphatic carbocycles. The smallest absolute Gasteiger partial charge is 0.261 e. The maximum Gasteiger partial charge on any atom is 0.261 e. The van der Waals surface area contributed by atoms with Gasteiger partial charge in [-0.15, -0.1) is 0 Å². The van der Waals surface area contributed by atoms with Gasteiger partial charge in [0.25, 0.3) is 5.91 Å². The fraction of sp³-hybridized carbons (Fsp3) is 0.462. The van der Waals surface area contributed by atoms with Crippen LogP contribution in [0.2, 0.25) is 5.02 Å². The first-order valence-corrected chi connectivity index (χ1v) is 11.8. The van der Waals surface area contributed by atoms with Gasteiger partial charge in [0, 0.05) is 17.6 Å². The summed E-state index contributed by atoms with van der Waals surface area (Å²) in [5.74, 6) is 0.288. The van der Waals surface area contributed by atoms with Crippen molar-refractivity contribution in [1.29, 1.82) is 0 Å². The Morgan fingerprint density at radius 3 is 2.56 bits per heavy atom. The number of benzene rings is 2. The predicted octanol–water partition coefficient (Wildman–Crippen LogP) is 5.20. The van der Waals surface area contributed by atoms with Crippen molar-refractivity contribution in [3.8, 4) is 5.75 Å². The van der Waals surface area contributed by atoms with E-state index in [0.29, 0.717) is 10.8 Å². The van der Waals surface area contributed by atoms with E-state index in [1.807, 2.05) is 50.2 Å². The van der Waals surface area contributed by atoms with Gasteiger partial charge in [0.2, 0.25) is 5.91 Å². The molecule has 5 nitrogen and oxygen atoms in total. The van der Waals surface area contributed by atoms with Crippen LogP contribution in [0.25, 0.3) is 0 Å². The van der Waals surface area contributed by atoms with Gasteiger partial charge in [-0.05, 0) is 62.4 Å². The summed E-state index contributed by atoms with van der Waals surface area (Å²) in [5.41, 5.74) is 2.82. The Balaban J connectivity index is 1.74.